The van der Waals surface area contributed by atoms with Crippen LogP contribution in [0.5, 0.6) is 0 Å². The molecule has 2 rings (SSSR count). The first kappa shape index (κ1) is 13.5. The smallest absolute Gasteiger partial charge is 0.238 e. The molecule has 1 aromatic rings. The molecule has 1 heterocycles. The fraction of sp³-hybridized carbons (Fsp3) is 0.455. The van der Waals surface area contributed by atoms with E-state index < -0.39 is 10.0 Å². The normalized spacial score (nSPS) is 17.6. The van der Waals surface area contributed by atoms with Gasteiger partial charge in [0.15, 0.2) is 0 Å². The van der Waals surface area contributed by atoms with Crippen LogP contribution in [-0.4, -0.2) is 26.0 Å². The maximum atomic E-state index is 11.3. The number of nitrogens with two attached hydrogens (primary N) is 2. The number of primary sulfonamides is 1. The van der Waals surface area contributed by atoms with Gasteiger partial charge in [-0.05, 0) is 42.5 Å². The van der Waals surface area contributed by atoms with Crippen LogP contribution in [0.1, 0.15) is 12.8 Å². The quantitative estimate of drug-likeness (QED) is 0.726. The van der Waals surface area contributed by atoms with Crippen LogP contribution in [-0.2, 0) is 10.0 Å². The van der Waals surface area contributed by atoms with Crippen molar-refractivity contribution in [2.24, 2.45) is 5.14 Å². The van der Waals surface area contributed by atoms with E-state index >= 15 is 0 Å². The van der Waals surface area contributed by atoms with Gasteiger partial charge in [-0.3, -0.25) is 0 Å². The summed E-state index contributed by atoms with van der Waals surface area (Å²) in [4.78, 5) is 0.0511. The Labute approximate surface area is 111 Å². The van der Waals surface area contributed by atoms with Crippen molar-refractivity contribution in [1.29, 1.82) is 0 Å². The molecule has 0 atom stereocenters. The Hall–Kier alpha value is -0.920. The summed E-state index contributed by atoms with van der Waals surface area (Å²) in [6.07, 6.45) is 2.15. The number of sulfonamides is 1. The fourth-order valence-corrected chi connectivity index (χ4v) is 3.65. The van der Waals surface area contributed by atoms with E-state index in [-0.39, 0.29) is 4.90 Å². The summed E-state index contributed by atoms with van der Waals surface area (Å²) in [6.45, 7) is 0. The zero-order valence-corrected chi connectivity index (χ0v) is 11.6. The zero-order chi connectivity index (χ0) is 13.2. The number of nitrogen functional groups attached to an aromatic ring is 1. The second kappa shape index (κ2) is 5.38. The van der Waals surface area contributed by atoms with E-state index in [9.17, 15) is 8.42 Å². The Kier molecular flexibility index (Phi) is 4.04. The molecule has 1 aliphatic heterocycles. The minimum atomic E-state index is -3.71. The average Bonchev–Trinajstić information content (AvgIpc) is 2.28. The molecule has 1 aliphatic rings. The molecule has 1 aromatic carbocycles. The van der Waals surface area contributed by atoms with Gasteiger partial charge in [-0.1, -0.05) is 0 Å². The molecule has 100 valence electrons. The highest BCUT2D eigenvalue weighted by molar-refractivity contribution is 7.99. The van der Waals surface area contributed by atoms with Crippen molar-refractivity contribution in [1.82, 2.24) is 0 Å². The summed E-state index contributed by atoms with van der Waals surface area (Å²) < 4.78 is 22.6. The van der Waals surface area contributed by atoms with Gasteiger partial charge in [0.1, 0.15) is 0 Å². The molecule has 5 nitrogen and oxygen atoms in total. The lowest BCUT2D eigenvalue weighted by molar-refractivity contribution is 0.597. The Morgan fingerprint density at radius 2 is 1.89 bits per heavy atom. The predicted octanol–water partition coefficient (Wildman–Crippen LogP) is 1.22. The molecule has 0 aromatic heterocycles. The number of rotatable bonds is 3. The Morgan fingerprint density at radius 1 is 1.22 bits per heavy atom. The largest absolute Gasteiger partial charge is 0.399 e. The number of anilines is 2. The third-order valence-corrected chi connectivity index (χ3v) is 4.79. The second-order valence-electron chi connectivity index (χ2n) is 4.37. The lowest BCUT2D eigenvalue weighted by atomic mass is 10.1. The van der Waals surface area contributed by atoms with Crippen molar-refractivity contribution < 1.29 is 8.42 Å². The summed E-state index contributed by atoms with van der Waals surface area (Å²) >= 11 is 1.94. The third-order valence-electron chi connectivity index (χ3n) is 2.85. The highest BCUT2D eigenvalue weighted by Gasteiger charge is 2.15. The molecule has 0 aliphatic carbocycles. The van der Waals surface area contributed by atoms with Crippen LogP contribution < -0.4 is 16.2 Å². The molecule has 5 N–H and O–H groups in total. The van der Waals surface area contributed by atoms with E-state index in [4.69, 9.17) is 10.9 Å². The van der Waals surface area contributed by atoms with Crippen LogP contribution in [0.15, 0.2) is 23.1 Å². The van der Waals surface area contributed by atoms with Gasteiger partial charge in [-0.15, -0.1) is 0 Å². The maximum absolute atomic E-state index is 11.3. The van der Waals surface area contributed by atoms with Gasteiger partial charge >= 0.3 is 0 Å². The van der Waals surface area contributed by atoms with Crippen molar-refractivity contribution >= 4 is 33.2 Å². The van der Waals surface area contributed by atoms with E-state index in [0.717, 1.165) is 30.0 Å². The molecule has 7 heteroatoms. The fourth-order valence-electron chi connectivity index (χ4n) is 1.95. The maximum Gasteiger partial charge on any atom is 0.238 e. The number of hydrogen-bond acceptors (Lipinski definition) is 5. The molecule has 0 unspecified atom stereocenters. The molecule has 0 bridgehead atoms. The Bertz CT molecular complexity index is 525. The molecule has 18 heavy (non-hydrogen) atoms. The van der Waals surface area contributed by atoms with Gasteiger partial charge in [-0.2, -0.15) is 11.8 Å². The second-order valence-corrected chi connectivity index (χ2v) is 7.15. The molecule has 0 amide bonds. The van der Waals surface area contributed by atoms with Gasteiger partial charge in [0.2, 0.25) is 10.0 Å². The van der Waals surface area contributed by atoms with Gasteiger partial charge in [0.05, 0.1) is 4.90 Å². The highest BCUT2D eigenvalue weighted by atomic mass is 32.2. The van der Waals surface area contributed by atoms with Crippen molar-refractivity contribution in [3.05, 3.63) is 18.2 Å². The summed E-state index contributed by atoms with van der Waals surface area (Å²) in [5, 5.41) is 8.43. The molecular weight excluding hydrogens is 270 g/mol. The predicted molar refractivity (Wildman–Crippen MR) is 76.2 cm³/mol. The average molecular weight is 287 g/mol. The van der Waals surface area contributed by atoms with Crippen LogP contribution in [0, 0.1) is 0 Å². The van der Waals surface area contributed by atoms with E-state index in [1.165, 1.54) is 12.1 Å². The van der Waals surface area contributed by atoms with Gasteiger partial charge in [-0.25, -0.2) is 13.6 Å². The summed E-state index contributed by atoms with van der Waals surface area (Å²) in [5.74, 6) is 2.25. The van der Waals surface area contributed by atoms with Gasteiger partial charge < -0.3 is 11.1 Å². The van der Waals surface area contributed by atoms with Gasteiger partial charge in [0.25, 0.3) is 0 Å². The van der Waals surface area contributed by atoms with Crippen LogP contribution in [0.25, 0.3) is 0 Å². The summed E-state index contributed by atoms with van der Waals surface area (Å²) in [7, 11) is -3.71. The summed E-state index contributed by atoms with van der Waals surface area (Å²) in [6, 6.07) is 5.02. The van der Waals surface area contributed by atoms with Crippen molar-refractivity contribution in [3.63, 3.8) is 0 Å². The van der Waals surface area contributed by atoms with Crippen LogP contribution in [0.3, 0.4) is 0 Å². The van der Waals surface area contributed by atoms with E-state index in [1.807, 2.05) is 11.8 Å². The summed E-state index contributed by atoms with van der Waals surface area (Å²) in [5.41, 5.74) is 6.81. The Balaban J connectivity index is 2.20. The van der Waals surface area contributed by atoms with E-state index in [0.29, 0.717) is 11.7 Å². The van der Waals surface area contributed by atoms with E-state index in [1.54, 1.807) is 6.07 Å². The Morgan fingerprint density at radius 3 is 2.50 bits per heavy atom. The number of nitrogens with one attached hydrogen (secondary N) is 1. The lowest BCUT2D eigenvalue weighted by Crippen LogP contribution is -2.24. The van der Waals surface area contributed by atoms with Gasteiger partial charge in [0, 0.05) is 17.4 Å². The van der Waals surface area contributed by atoms with Crippen molar-refractivity contribution in [3.8, 4) is 0 Å². The minimum absolute atomic E-state index is 0.0511. The van der Waals surface area contributed by atoms with Crippen LogP contribution >= 0.6 is 11.8 Å². The molecule has 0 radical (unpaired) electrons. The standard InChI is InChI=1S/C11H17N3O2S2/c12-8-5-10(7-11(6-8)18(13,15)16)14-9-1-3-17-4-2-9/h5-7,9,14H,1-4,12H2,(H2,13,15,16). The minimum Gasteiger partial charge on any atom is -0.399 e. The van der Waals surface area contributed by atoms with Crippen molar-refractivity contribution in [2.75, 3.05) is 22.6 Å². The lowest BCUT2D eigenvalue weighted by Gasteiger charge is -2.24. The molecule has 1 fully saturated rings. The topological polar surface area (TPSA) is 98.2 Å². The zero-order valence-electron chi connectivity index (χ0n) is 9.93. The SMILES string of the molecule is Nc1cc(NC2CCSCC2)cc(S(N)(=O)=O)c1. The third kappa shape index (κ3) is 3.54. The number of thioether (sulfide) groups is 1. The number of hydrogen-bond donors (Lipinski definition) is 3. The molecule has 0 saturated carbocycles. The first-order valence-electron chi connectivity index (χ1n) is 5.73. The van der Waals surface area contributed by atoms with Crippen molar-refractivity contribution in [2.45, 2.75) is 23.8 Å². The van der Waals surface area contributed by atoms with E-state index in [2.05, 4.69) is 5.32 Å². The number of benzene rings is 1. The molecule has 0 spiro atoms. The monoisotopic (exact) mass is 287 g/mol. The molecule has 1 saturated heterocycles. The highest BCUT2D eigenvalue weighted by Crippen LogP contribution is 2.24. The van der Waals surface area contributed by atoms with Crippen LogP contribution in [0.4, 0.5) is 11.4 Å². The molecular formula is C11H17N3O2S2. The first-order chi connectivity index (χ1) is 8.45. The first-order valence-corrected chi connectivity index (χ1v) is 8.43. The van der Waals surface area contributed by atoms with Crippen LogP contribution in [0.2, 0.25) is 0 Å².